The minimum Gasteiger partial charge on any atom is -0.246 e. The topological polar surface area (TPSA) is 23.8 Å². The molecule has 0 radical (unpaired) electrons. The molecule has 1 aromatic rings. The van der Waals surface area contributed by atoms with Crippen LogP contribution in [0.25, 0.3) is 0 Å². The van der Waals surface area contributed by atoms with Crippen molar-refractivity contribution in [2.45, 2.75) is 11.6 Å². The lowest BCUT2D eigenvalue weighted by Crippen LogP contribution is -1.86. The van der Waals surface area contributed by atoms with Gasteiger partial charge in [-0.05, 0) is 18.4 Å². The van der Waals surface area contributed by atoms with E-state index in [0.717, 1.165) is 4.90 Å². The summed E-state index contributed by atoms with van der Waals surface area (Å²) in [6.45, 7) is -0.572. The summed E-state index contributed by atoms with van der Waals surface area (Å²) in [6.07, 6.45) is 1.92. The second-order valence-corrected chi connectivity index (χ2v) is 3.15. The number of thioether (sulfide) groups is 1. The zero-order valence-corrected chi connectivity index (χ0v) is 7.49. The molecule has 0 unspecified atom stereocenters. The molecule has 0 aromatic heterocycles. The van der Waals surface area contributed by atoms with E-state index in [1.807, 2.05) is 18.4 Å². The lowest BCUT2D eigenvalue weighted by Gasteiger charge is -2.00. The predicted molar refractivity (Wildman–Crippen MR) is 47.8 cm³/mol. The van der Waals surface area contributed by atoms with Gasteiger partial charge in [-0.1, -0.05) is 6.07 Å². The number of halogens is 1. The number of alkyl halides is 1. The van der Waals surface area contributed by atoms with Gasteiger partial charge in [0.05, 0.1) is 11.6 Å². The van der Waals surface area contributed by atoms with Gasteiger partial charge in [0, 0.05) is 10.5 Å². The predicted octanol–water partition coefficient (Wildman–Crippen LogP) is 2.75. The Kier molecular flexibility index (Phi) is 3.12. The molecule has 1 aromatic carbocycles. The maximum Gasteiger partial charge on any atom is 0.116 e. The number of nitrogens with zero attached hydrogens (tertiary/aromatic N) is 1. The molecule has 0 atom stereocenters. The number of hydrogen-bond acceptors (Lipinski definition) is 2. The molecular formula is C9H8FNS. The minimum absolute atomic E-state index is 0.435. The zero-order chi connectivity index (χ0) is 8.97. The van der Waals surface area contributed by atoms with E-state index >= 15 is 0 Å². The molecule has 12 heavy (non-hydrogen) atoms. The lowest BCUT2D eigenvalue weighted by molar-refractivity contribution is 0.484. The standard InChI is InChI=1S/C9H8FNS/c1-12-9-3-2-7(5-10)8(4-9)6-11/h2-4H,5H2,1H3. The van der Waals surface area contributed by atoms with Crippen LogP contribution in [0.15, 0.2) is 23.1 Å². The van der Waals surface area contributed by atoms with Crippen LogP contribution < -0.4 is 0 Å². The number of rotatable bonds is 2. The fourth-order valence-corrected chi connectivity index (χ4v) is 1.34. The Morgan fingerprint density at radius 3 is 2.83 bits per heavy atom. The normalized spacial score (nSPS) is 9.42. The van der Waals surface area contributed by atoms with E-state index in [-0.39, 0.29) is 0 Å². The van der Waals surface area contributed by atoms with Crippen molar-refractivity contribution in [2.75, 3.05) is 6.26 Å². The van der Waals surface area contributed by atoms with Crippen LogP contribution in [-0.4, -0.2) is 6.26 Å². The summed E-state index contributed by atoms with van der Waals surface area (Å²) in [5.74, 6) is 0. The molecule has 1 nitrogen and oxygen atoms in total. The average molecular weight is 181 g/mol. The zero-order valence-electron chi connectivity index (χ0n) is 6.67. The first kappa shape index (κ1) is 9.08. The molecule has 0 aliphatic carbocycles. The van der Waals surface area contributed by atoms with Gasteiger partial charge < -0.3 is 0 Å². The maximum atomic E-state index is 12.3. The Hall–Kier alpha value is -1.01. The molecule has 1 rings (SSSR count). The van der Waals surface area contributed by atoms with Gasteiger partial charge in [-0.15, -0.1) is 11.8 Å². The molecule has 0 bridgehead atoms. The monoisotopic (exact) mass is 181 g/mol. The van der Waals surface area contributed by atoms with Crippen molar-refractivity contribution in [3.8, 4) is 6.07 Å². The Labute approximate surface area is 75.2 Å². The summed E-state index contributed by atoms with van der Waals surface area (Å²) in [7, 11) is 0. The van der Waals surface area contributed by atoms with Crippen LogP contribution in [-0.2, 0) is 6.67 Å². The van der Waals surface area contributed by atoms with E-state index in [0.29, 0.717) is 11.1 Å². The largest absolute Gasteiger partial charge is 0.246 e. The van der Waals surface area contributed by atoms with Crippen LogP contribution in [0.2, 0.25) is 0 Å². The van der Waals surface area contributed by atoms with Crippen LogP contribution >= 0.6 is 11.8 Å². The first-order valence-electron chi connectivity index (χ1n) is 3.44. The highest BCUT2D eigenvalue weighted by Gasteiger charge is 2.01. The van der Waals surface area contributed by atoms with Gasteiger partial charge in [0.15, 0.2) is 0 Å². The van der Waals surface area contributed by atoms with Crippen LogP contribution in [0.4, 0.5) is 4.39 Å². The van der Waals surface area contributed by atoms with Crippen LogP contribution in [0.1, 0.15) is 11.1 Å². The van der Waals surface area contributed by atoms with Crippen molar-refractivity contribution in [1.82, 2.24) is 0 Å². The van der Waals surface area contributed by atoms with E-state index in [2.05, 4.69) is 0 Å². The molecule has 0 saturated heterocycles. The molecule has 0 aliphatic rings. The SMILES string of the molecule is CSc1ccc(CF)c(C#N)c1. The number of hydrogen-bond donors (Lipinski definition) is 0. The average Bonchev–Trinajstić information content (AvgIpc) is 2.16. The summed E-state index contributed by atoms with van der Waals surface area (Å²) in [5, 5.41) is 8.64. The van der Waals surface area contributed by atoms with Gasteiger partial charge in [0.1, 0.15) is 6.67 Å². The first-order valence-corrected chi connectivity index (χ1v) is 4.67. The van der Waals surface area contributed by atoms with Crippen molar-refractivity contribution in [3.05, 3.63) is 29.3 Å². The van der Waals surface area contributed by atoms with Crippen LogP contribution in [0.3, 0.4) is 0 Å². The number of nitriles is 1. The van der Waals surface area contributed by atoms with Crippen molar-refractivity contribution in [2.24, 2.45) is 0 Å². The summed E-state index contributed by atoms with van der Waals surface area (Å²) >= 11 is 1.54. The van der Waals surface area contributed by atoms with Crippen LogP contribution in [0.5, 0.6) is 0 Å². The summed E-state index contributed by atoms with van der Waals surface area (Å²) < 4.78 is 12.3. The van der Waals surface area contributed by atoms with Crippen molar-refractivity contribution in [3.63, 3.8) is 0 Å². The number of benzene rings is 1. The molecular weight excluding hydrogens is 173 g/mol. The van der Waals surface area contributed by atoms with Crippen molar-refractivity contribution < 1.29 is 4.39 Å². The van der Waals surface area contributed by atoms with Gasteiger partial charge >= 0.3 is 0 Å². The quantitative estimate of drug-likeness (QED) is 0.655. The summed E-state index contributed by atoms with van der Waals surface area (Å²) in [5.41, 5.74) is 0.902. The highest BCUT2D eigenvalue weighted by molar-refractivity contribution is 7.98. The maximum absolute atomic E-state index is 12.3. The molecule has 0 amide bonds. The van der Waals surface area contributed by atoms with Gasteiger partial charge in [-0.2, -0.15) is 5.26 Å². The summed E-state index contributed by atoms with van der Waals surface area (Å²) in [6, 6.07) is 7.15. The van der Waals surface area contributed by atoms with Crippen molar-refractivity contribution in [1.29, 1.82) is 5.26 Å². The van der Waals surface area contributed by atoms with Gasteiger partial charge in [0.25, 0.3) is 0 Å². The third-order valence-electron chi connectivity index (χ3n) is 1.58. The molecule has 0 saturated carbocycles. The molecule has 0 fully saturated rings. The second kappa shape index (κ2) is 4.13. The summed E-state index contributed by atoms with van der Waals surface area (Å²) in [4.78, 5) is 0.990. The smallest absolute Gasteiger partial charge is 0.116 e. The van der Waals surface area contributed by atoms with Crippen LogP contribution in [0, 0.1) is 11.3 Å². The van der Waals surface area contributed by atoms with E-state index in [4.69, 9.17) is 5.26 Å². The van der Waals surface area contributed by atoms with E-state index in [1.54, 1.807) is 23.9 Å². The fraction of sp³-hybridized carbons (Fsp3) is 0.222. The third-order valence-corrected chi connectivity index (χ3v) is 2.31. The first-order chi connectivity index (χ1) is 5.81. The second-order valence-electron chi connectivity index (χ2n) is 2.27. The Balaban J connectivity index is 3.13. The molecule has 3 heteroatoms. The highest BCUT2D eigenvalue weighted by Crippen LogP contribution is 2.19. The van der Waals surface area contributed by atoms with Gasteiger partial charge in [-0.3, -0.25) is 0 Å². The highest BCUT2D eigenvalue weighted by atomic mass is 32.2. The minimum atomic E-state index is -0.572. The lowest BCUT2D eigenvalue weighted by atomic mass is 10.1. The molecule has 0 spiro atoms. The Bertz CT molecular complexity index is 317. The van der Waals surface area contributed by atoms with Gasteiger partial charge in [-0.25, -0.2) is 4.39 Å². The van der Waals surface area contributed by atoms with E-state index in [1.165, 1.54) is 0 Å². The van der Waals surface area contributed by atoms with Gasteiger partial charge in [0.2, 0.25) is 0 Å². The van der Waals surface area contributed by atoms with E-state index in [9.17, 15) is 4.39 Å². The fourth-order valence-electron chi connectivity index (χ4n) is 0.903. The Morgan fingerprint density at radius 2 is 2.33 bits per heavy atom. The van der Waals surface area contributed by atoms with E-state index < -0.39 is 6.67 Å². The molecule has 0 aliphatic heterocycles. The third kappa shape index (κ3) is 1.77. The molecule has 62 valence electrons. The Morgan fingerprint density at radius 1 is 1.58 bits per heavy atom. The van der Waals surface area contributed by atoms with Crippen molar-refractivity contribution >= 4 is 11.8 Å². The molecule has 0 N–H and O–H groups in total. The molecule has 0 heterocycles.